The van der Waals surface area contributed by atoms with Gasteiger partial charge in [-0.25, -0.2) is 9.78 Å². The molecule has 0 radical (unpaired) electrons. The molecule has 0 aliphatic heterocycles. The first-order valence-electron chi connectivity index (χ1n) is 10.5. The number of aryl methyl sites for hydroxylation is 1. The summed E-state index contributed by atoms with van der Waals surface area (Å²) in [6.07, 6.45) is 1.51. The molecule has 33 heavy (non-hydrogen) atoms. The average molecular weight is 466 g/mol. The lowest BCUT2D eigenvalue weighted by atomic mass is 9.98. The van der Waals surface area contributed by atoms with Crippen LogP contribution in [0.5, 0.6) is 0 Å². The molecule has 0 spiro atoms. The number of aromatic nitrogens is 1. The molecular weight excluding hydrogens is 442 g/mol. The van der Waals surface area contributed by atoms with Crippen molar-refractivity contribution in [2.45, 2.75) is 31.7 Å². The van der Waals surface area contributed by atoms with Crippen molar-refractivity contribution < 1.29 is 24.2 Å². The van der Waals surface area contributed by atoms with Gasteiger partial charge in [0.2, 0.25) is 5.91 Å². The van der Waals surface area contributed by atoms with Crippen LogP contribution in [0.4, 0.5) is 9.93 Å². The van der Waals surface area contributed by atoms with E-state index >= 15 is 0 Å². The van der Waals surface area contributed by atoms with E-state index in [-0.39, 0.29) is 24.9 Å². The highest BCUT2D eigenvalue weighted by atomic mass is 32.1. The molecular formula is C24H23N3O5S. The number of carboxylic acids is 1. The summed E-state index contributed by atoms with van der Waals surface area (Å²) in [7, 11) is 0. The first-order chi connectivity index (χ1) is 15.9. The number of benzene rings is 2. The number of amides is 2. The van der Waals surface area contributed by atoms with Crippen LogP contribution in [0.15, 0.2) is 54.7 Å². The summed E-state index contributed by atoms with van der Waals surface area (Å²) in [5.74, 6) is -1.47. The summed E-state index contributed by atoms with van der Waals surface area (Å²) in [5, 5.41) is 14.3. The highest BCUT2D eigenvalue weighted by Crippen LogP contribution is 2.44. The Morgan fingerprint density at radius 3 is 2.36 bits per heavy atom. The standard InChI is InChI=1S/C24H23N3O5S/c1-14(22(29)30)26-21(28)11-10-15-12-25-23(33-15)27-24(31)32-13-20-18-8-4-2-6-16(18)17-7-3-5-9-19(17)20/h2-9,12,14,20H,10-11,13H2,1H3,(H,26,28)(H,29,30)(H,25,27,31). The zero-order valence-electron chi connectivity index (χ0n) is 17.9. The lowest BCUT2D eigenvalue weighted by molar-refractivity contribution is -0.141. The number of thiazole rings is 1. The van der Waals surface area contributed by atoms with Gasteiger partial charge in [0, 0.05) is 23.4 Å². The van der Waals surface area contributed by atoms with Gasteiger partial charge in [0.05, 0.1) is 0 Å². The van der Waals surface area contributed by atoms with Crippen LogP contribution in [-0.4, -0.2) is 40.7 Å². The number of aliphatic carboxylic acids is 1. The zero-order chi connectivity index (χ0) is 23.4. The third-order valence-corrected chi connectivity index (χ3v) is 6.43. The van der Waals surface area contributed by atoms with Gasteiger partial charge < -0.3 is 15.2 Å². The Kier molecular flexibility index (Phi) is 6.69. The average Bonchev–Trinajstić information content (AvgIpc) is 3.38. The normalized spacial score (nSPS) is 13.0. The lowest BCUT2D eigenvalue weighted by Gasteiger charge is -2.14. The van der Waals surface area contributed by atoms with E-state index in [0.29, 0.717) is 11.6 Å². The van der Waals surface area contributed by atoms with E-state index in [9.17, 15) is 14.4 Å². The second kappa shape index (κ2) is 9.83. The Morgan fingerprint density at radius 1 is 1.09 bits per heavy atom. The topological polar surface area (TPSA) is 118 Å². The van der Waals surface area contributed by atoms with Crippen molar-refractivity contribution in [3.05, 3.63) is 70.7 Å². The van der Waals surface area contributed by atoms with Gasteiger partial charge >= 0.3 is 12.1 Å². The SMILES string of the molecule is CC(NC(=O)CCc1cnc(NC(=O)OCC2c3ccccc3-c3ccccc32)s1)C(=O)O. The Hall–Kier alpha value is -3.72. The minimum absolute atomic E-state index is 0.0262. The highest BCUT2D eigenvalue weighted by molar-refractivity contribution is 7.15. The van der Waals surface area contributed by atoms with Crippen molar-refractivity contribution in [3.8, 4) is 11.1 Å². The molecule has 3 N–H and O–H groups in total. The van der Waals surface area contributed by atoms with Gasteiger partial charge in [0.25, 0.3) is 0 Å². The fourth-order valence-electron chi connectivity index (χ4n) is 3.81. The molecule has 170 valence electrons. The number of hydrogen-bond acceptors (Lipinski definition) is 6. The van der Waals surface area contributed by atoms with Gasteiger partial charge in [-0.1, -0.05) is 48.5 Å². The number of nitrogens with zero attached hydrogens (tertiary/aromatic N) is 1. The van der Waals surface area contributed by atoms with E-state index in [2.05, 4.69) is 39.9 Å². The molecule has 9 heteroatoms. The summed E-state index contributed by atoms with van der Waals surface area (Å²) < 4.78 is 5.51. The Morgan fingerprint density at radius 2 is 1.73 bits per heavy atom. The summed E-state index contributed by atoms with van der Waals surface area (Å²) in [6.45, 7) is 1.61. The maximum Gasteiger partial charge on any atom is 0.413 e. The van der Waals surface area contributed by atoms with E-state index in [0.717, 1.165) is 27.1 Å². The van der Waals surface area contributed by atoms with Gasteiger partial charge in [0.15, 0.2) is 5.13 Å². The zero-order valence-corrected chi connectivity index (χ0v) is 18.7. The number of ether oxygens (including phenoxy) is 1. The second-order valence-corrected chi connectivity index (χ2v) is 8.82. The number of carboxylic acid groups (broad SMARTS) is 1. The molecule has 3 aromatic rings. The van der Waals surface area contributed by atoms with Crippen LogP contribution in [0.25, 0.3) is 11.1 Å². The smallest absolute Gasteiger partial charge is 0.413 e. The maximum atomic E-state index is 12.4. The third-order valence-electron chi connectivity index (χ3n) is 5.45. The molecule has 0 saturated carbocycles. The van der Waals surface area contributed by atoms with Gasteiger partial charge in [-0.15, -0.1) is 11.3 Å². The first-order valence-corrected chi connectivity index (χ1v) is 11.3. The fourth-order valence-corrected chi connectivity index (χ4v) is 4.61. The molecule has 0 bridgehead atoms. The first kappa shape index (κ1) is 22.5. The monoisotopic (exact) mass is 465 g/mol. The van der Waals surface area contributed by atoms with E-state index < -0.39 is 18.1 Å². The molecule has 1 unspecified atom stereocenters. The number of carbonyl (C=O) groups is 3. The predicted octanol–water partition coefficient (Wildman–Crippen LogP) is 4.03. The van der Waals surface area contributed by atoms with Crippen molar-refractivity contribution in [1.29, 1.82) is 0 Å². The van der Waals surface area contributed by atoms with Crippen LogP contribution in [0.1, 0.15) is 35.3 Å². The van der Waals surface area contributed by atoms with E-state index in [1.165, 1.54) is 18.3 Å². The molecule has 4 rings (SSSR count). The number of anilines is 1. The molecule has 0 saturated heterocycles. The second-order valence-electron chi connectivity index (χ2n) is 7.71. The van der Waals surface area contributed by atoms with Crippen LogP contribution in [0.2, 0.25) is 0 Å². The predicted molar refractivity (Wildman–Crippen MR) is 124 cm³/mol. The Labute approximate surface area is 194 Å². The number of rotatable bonds is 8. The van der Waals surface area contributed by atoms with Crippen LogP contribution in [0, 0.1) is 0 Å². The molecule has 1 aliphatic rings. The van der Waals surface area contributed by atoms with Gasteiger partial charge in [-0.3, -0.25) is 14.9 Å². The molecule has 1 heterocycles. The Bertz CT molecular complexity index is 1150. The summed E-state index contributed by atoms with van der Waals surface area (Å²) in [6, 6.07) is 15.3. The molecule has 8 nitrogen and oxygen atoms in total. The van der Waals surface area contributed by atoms with Crippen molar-refractivity contribution in [1.82, 2.24) is 10.3 Å². The van der Waals surface area contributed by atoms with Crippen molar-refractivity contribution in [2.75, 3.05) is 11.9 Å². The summed E-state index contributed by atoms with van der Waals surface area (Å²) >= 11 is 1.24. The molecule has 0 fully saturated rings. The minimum Gasteiger partial charge on any atom is -0.480 e. The molecule has 1 aromatic heterocycles. The molecule has 1 atom stereocenters. The van der Waals surface area contributed by atoms with Gasteiger partial charge in [-0.2, -0.15) is 0 Å². The quantitative estimate of drug-likeness (QED) is 0.462. The number of hydrogen-bond donors (Lipinski definition) is 3. The van der Waals surface area contributed by atoms with Crippen LogP contribution >= 0.6 is 11.3 Å². The fraction of sp³-hybridized carbons (Fsp3) is 0.250. The van der Waals surface area contributed by atoms with Crippen LogP contribution < -0.4 is 10.6 Å². The number of fused-ring (bicyclic) bond motifs is 3. The summed E-state index contributed by atoms with van der Waals surface area (Å²) in [4.78, 5) is 39.9. The number of carbonyl (C=O) groups excluding carboxylic acids is 2. The van der Waals surface area contributed by atoms with Crippen molar-refractivity contribution >= 4 is 34.4 Å². The number of nitrogens with one attached hydrogen (secondary N) is 2. The van der Waals surface area contributed by atoms with E-state index in [1.54, 1.807) is 6.20 Å². The van der Waals surface area contributed by atoms with Crippen LogP contribution in [0.3, 0.4) is 0 Å². The minimum atomic E-state index is -1.09. The Balaban J connectivity index is 1.29. The highest BCUT2D eigenvalue weighted by Gasteiger charge is 2.29. The summed E-state index contributed by atoms with van der Waals surface area (Å²) in [5.41, 5.74) is 4.60. The lowest BCUT2D eigenvalue weighted by Crippen LogP contribution is -2.38. The van der Waals surface area contributed by atoms with Gasteiger partial charge in [0.1, 0.15) is 12.6 Å². The molecule has 2 amide bonds. The largest absolute Gasteiger partial charge is 0.480 e. The van der Waals surface area contributed by atoms with Crippen molar-refractivity contribution in [2.24, 2.45) is 0 Å². The van der Waals surface area contributed by atoms with Crippen molar-refractivity contribution in [3.63, 3.8) is 0 Å². The van der Waals surface area contributed by atoms with E-state index in [4.69, 9.17) is 9.84 Å². The third kappa shape index (κ3) is 5.20. The van der Waals surface area contributed by atoms with Crippen LogP contribution in [-0.2, 0) is 20.7 Å². The van der Waals surface area contributed by atoms with Gasteiger partial charge in [-0.05, 0) is 35.6 Å². The molecule has 1 aliphatic carbocycles. The van der Waals surface area contributed by atoms with E-state index in [1.807, 2.05) is 24.3 Å². The maximum absolute atomic E-state index is 12.4. The molecule has 2 aromatic carbocycles.